The summed E-state index contributed by atoms with van der Waals surface area (Å²) in [6.07, 6.45) is 3.58. The number of fused-ring (bicyclic) bond motifs is 1. The van der Waals surface area contributed by atoms with Crippen LogP contribution < -0.4 is 10.2 Å². The van der Waals surface area contributed by atoms with Crippen molar-refractivity contribution >= 4 is 23.0 Å². The molecule has 1 aliphatic rings. The molecule has 4 rings (SSSR count). The largest absolute Gasteiger partial charge is 0.355 e. The van der Waals surface area contributed by atoms with E-state index in [0.29, 0.717) is 17.8 Å². The summed E-state index contributed by atoms with van der Waals surface area (Å²) >= 11 is 0. The van der Waals surface area contributed by atoms with Crippen LogP contribution in [0.4, 0.5) is 17.1 Å². The number of aromatic nitrogens is 1. The fraction of sp³-hybridized carbons (Fsp3) is 0.136. The molecule has 5 heteroatoms. The first-order valence-electron chi connectivity index (χ1n) is 8.87. The molecule has 0 fully saturated rings. The van der Waals surface area contributed by atoms with Gasteiger partial charge in [-0.05, 0) is 60.9 Å². The van der Waals surface area contributed by atoms with Gasteiger partial charge in [0, 0.05) is 29.8 Å². The highest BCUT2D eigenvalue weighted by molar-refractivity contribution is 6.06. The first-order chi connectivity index (χ1) is 13.2. The Kier molecular flexibility index (Phi) is 4.54. The standard InChI is InChI=1S/C22H18N4O/c23-15-16-7-9-18(10-8-16)25-19-11-12-24-20(14-19)22(27)26-13-3-5-17-4-1-2-6-21(17)26/h1-2,4,6-12,14H,3,5,13H2,(H,24,25). The van der Waals surface area contributed by atoms with Crippen molar-refractivity contribution in [3.63, 3.8) is 0 Å². The molecule has 0 spiro atoms. The Morgan fingerprint density at radius 2 is 1.89 bits per heavy atom. The van der Waals surface area contributed by atoms with E-state index in [1.165, 1.54) is 5.56 Å². The molecule has 0 saturated heterocycles. The van der Waals surface area contributed by atoms with E-state index in [1.54, 1.807) is 24.4 Å². The third-order valence-electron chi connectivity index (χ3n) is 4.64. The van der Waals surface area contributed by atoms with Crippen molar-refractivity contribution in [3.8, 4) is 6.07 Å². The number of carbonyl (C=O) groups excluding carboxylic acids is 1. The van der Waals surface area contributed by atoms with Gasteiger partial charge in [0.1, 0.15) is 5.69 Å². The number of rotatable bonds is 3. The minimum atomic E-state index is -0.0920. The number of pyridine rings is 1. The molecule has 0 aliphatic carbocycles. The van der Waals surface area contributed by atoms with Crippen LogP contribution in [0.1, 0.15) is 28.0 Å². The van der Waals surface area contributed by atoms with Crippen LogP contribution in [0, 0.1) is 11.3 Å². The summed E-state index contributed by atoms with van der Waals surface area (Å²) in [4.78, 5) is 19.1. The number of amides is 1. The highest BCUT2D eigenvalue weighted by Gasteiger charge is 2.24. The molecule has 3 aromatic rings. The van der Waals surface area contributed by atoms with Crippen LogP contribution in [0.5, 0.6) is 0 Å². The lowest BCUT2D eigenvalue weighted by atomic mass is 10.0. The van der Waals surface area contributed by atoms with Gasteiger partial charge in [0.05, 0.1) is 11.6 Å². The number of aryl methyl sites for hydroxylation is 1. The van der Waals surface area contributed by atoms with Crippen molar-refractivity contribution in [2.45, 2.75) is 12.8 Å². The minimum absolute atomic E-state index is 0.0920. The molecule has 27 heavy (non-hydrogen) atoms. The van der Waals surface area contributed by atoms with Crippen molar-refractivity contribution in [1.82, 2.24) is 4.98 Å². The SMILES string of the molecule is N#Cc1ccc(Nc2ccnc(C(=O)N3CCCc4ccccc43)c2)cc1. The van der Waals surface area contributed by atoms with Crippen LogP contribution in [0.2, 0.25) is 0 Å². The first kappa shape index (κ1) is 16.8. The molecule has 0 radical (unpaired) electrons. The second-order valence-electron chi connectivity index (χ2n) is 6.43. The van der Waals surface area contributed by atoms with Gasteiger partial charge in [-0.2, -0.15) is 5.26 Å². The van der Waals surface area contributed by atoms with E-state index < -0.39 is 0 Å². The molecule has 1 N–H and O–H groups in total. The predicted octanol–water partition coefficient (Wildman–Crippen LogP) is 4.29. The summed E-state index contributed by atoms with van der Waals surface area (Å²) in [5, 5.41) is 12.1. The molecule has 1 amide bonds. The molecular formula is C22H18N4O. The maximum Gasteiger partial charge on any atom is 0.276 e. The molecule has 0 saturated carbocycles. The molecule has 1 aliphatic heterocycles. The van der Waals surface area contributed by atoms with Gasteiger partial charge in [0.2, 0.25) is 0 Å². The summed E-state index contributed by atoms with van der Waals surface area (Å²) in [7, 11) is 0. The van der Waals surface area contributed by atoms with Gasteiger partial charge in [-0.3, -0.25) is 9.78 Å². The summed E-state index contributed by atoms with van der Waals surface area (Å²) in [5.41, 5.74) is 4.82. The van der Waals surface area contributed by atoms with E-state index in [1.807, 2.05) is 41.3 Å². The number of benzene rings is 2. The Labute approximate surface area is 157 Å². The van der Waals surface area contributed by atoms with Crippen molar-refractivity contribution in [3.05, 3.63) is 83.7 Å². The van der Waals surface area contributed by atoms with Crippen molar-refractivity contribution in [1.29, 1.82) is 5.26 Å². The van der Waals surface area contributed by atoms with Crippen LogP contribution >= 0.6 is 0 Å². The lowest BCUT2D eigenvalue weighted by Crippen LogP contribution is -2.35. The van der Waals surface area contributed by atoms with Gasteiger partial charge in [-0.15, -0.1) is 0 Å². The van der Waals surface area contributed by atoms with Gasteiger partial charge in [0.25, 0.3) is 5.91 Å². The lowest BCUT2D eigenvalue weighted by Gasteiger charge is -2.29. The number of anilines is 3. The number of hydrogen-bond donors (Lipinski definition) is 1. The Morgan fingerprint density at radius 1 is 1.07 bits per heavy atom. The van der Waals surface area contributed by atoms with Gasteiger partial charge in [-0.1, -0.05) is 18.2 Å². The fourth-order valence-electron chi connectivity index (χ4n) is 3.30. The highest BCUT2D eigenvalue weighted by Crippen LogP contribution is 2.28. The average Bonchev–Trinajstić information content (AvgIpc) is 2.73. The summed E-state index contributed by atoms with van der Waals surface area (Å²) < 4.78 is 0. The van der Waals surface area contributed by atoms with Gasteiger partial charge < -0.3 is 10.2 Å². The lowest BCUT2D eigenvalue weighted by molar-refractivity contribution is 0.0980. The molecule has 0 bridgehead atoms. The average molecular weight is 354 g/mol. The van der Waals surface area contributed by atoms with Crippen LogP contribution in [-0.2, 0) is 6.42 Å². The van der Waals surface area contributed by atoms with Crippen LogP contribution in [0.25, 0.3) is 0 Å². The van der Waals surface area contributed by atoms with Gasteiger partial charge >= 0.3 is 0 Å². The van der Waals surface area contributed by atoms with Crippen molar-refractivity contribution in [2.24, 2.45) is 0 Å². The maximum absolute atomic E-state index is 13.1. The Morgan fingerprint density at radius 3 is 2.70 bits per heavy atom. The predicted molar refractivity (Wildman–Crippen MR) is 105 cm³/mol. The van der Waals surface area contributed by atoms with Gasteiger partial charge in [-0.25, -0.2) is 0 Å². The second kappa shape index (κ2) is 7.30. The third kappa shape index (κ3) is 3.51. The molecule has 5 nitrogen and oxygen atoms in total. The molecule has 2 aromatic carbocycles. The fourth-order valence-corrected chi connectivity index (χ4v) is 3.30. The highest BCUT2D eigenvalue weighted by atomic mass is 16.2. The molecule has 132 valence electrons. The van der Waals surface area contributed by atoms with E-state index in [0.717, 1.165) is 29.9 Å². The van der Waals surface area contributed by atoms with Crippen molar-refractivity contribution < 1.29 is 4.79 Å². The molecular weight excluding hydrogens is 336 g/mol. The van der Waals surface area contributed by atoms with Gasteiger partial charge in [0.15, 0.2) is 0 Å². The smallest absolute Gasteiger partial charge is 0.276 e. The van der Waals surface area contributed by atoms with E-state index in [-0.39, 0.29) is 5.91 Å². The van der Waals surface area contributed by atoms with E-state index >= 15 is 0 Å². The van der Waals surface area contributed by atoms with Crippen LogP contribution in [0.3, 0.4) is 0 Å². The quantitative estimate of drug-likeness (QED) is 0.762. The zero-order chi connectivity index (χ0) is 18.6. The number of hydrogen-bond acceptors (Lipinski definition) is 4. The van der Waals surface area contributed by atoms with Crippen LogP contribution in [0.15, 0.2) is 66.9 Å². The molecule has 0 atom stereocenters. The zero-order valence-corrected chi connectivity index (χ0v) is 14.7. The number of nitrogens with one attached hydrogen (secondary N) is 1. The summed E-state index contributed by atoms with van der Waals surface area (Å²) in [6.45, 7) is 0.699. The second-order valence-corrected chi connectivity index (χ2v) is 6.43. The minimum Gasteiger partial charge on any atom is -0.355 e. The third-order valence-corrected chi connectivity index (χ3v) is 4.64. The monoisotopic (exact) mass is 354 g/mol. The van der Waals surface area contributed by atoms with Crippen molar-refractivity contribution in [2.75, 3.05) is 16.8 Å². The Hall–Kier alpha value is -3.65. The van der Waals surface area contributed by atoms with E-state index in [9.17, 15) is 4.79 Å². The Balaban J connectivity index is 1.57. The number of nitrogens with zero attached hydrogens (tertiary/aromatic N) is 3. The number of carbonyl (C=O) groups is 1. The summed E-state index contributed by atoms with van der Waals surface area (Å²) in [6, 6.07) is 20.9. The first-order valence-corrected chi connectivity index (χ1v) is 8.87. The Bertz CT molecular complexity index is 1020. The number of nitriles is 1. The maximum atomic E-state index is 13.1. The van der Waals surface area contributed by atoms with E-state index in [2.05, 4.69) is 22.4 Å². The summed E-state index contributed by atoms with van der Waals surface area (Å²) in [5.74, 6) is -0.0920. The number of para-hydroxylation sites is 1. The van der Waals surface area contributed by atoms with Crippen LogP contribution in [-0.4, -0.2) is 17.4 Å². The molecule has 2 heterocycles. The topological polar surface area (TPSA) is 69.0 Å². The zero-order valence-electron chi connectivity index (χ0n) is 14.7. The molecule has 0 unspecified atom stereocenters. The van der Waals surface area contributed by atoms with E-state index in [4.69, 9.17) is 5.26 Å². The molecule has 1 aromatic heterocycles. The normalized spacial score (nSPS) is 12.8.